The van der Waals surface area contributed by atoms with Crippen molar-refractivity contribution in [1.29, 1.82) is 0 Å². The lowest BCUT2D eigenvalue weighted by Gasteiger charge is -2.25. The molecular formula is C32H28N2. The molecule has 0 atom stereocenters. The number of fused-ring (bicyclic) bond motifs is 4. The van der Waals surface area contributed by atoms with E-state index in [1.54, 1.807) is 0 Å². The number of benzene rings is 4. The van der Waals surface area contributed by atoms with Crippen LogP contribution in [-0.4, -0.2) is 13.1 Å². The Balaban J connectivity index is 1.24. The van der Waals surface area contributed by atoms with Crippen LogP contribution in [0, 0.1) is 0 Å². The first-order valence-corrected chi connectivity index (χ1v) is 12.1. The van der Waals surface area contributed by atoms with Crippen molar-refractivity contribution in [2.45, 2.75) is 12.1 Å². The zero-order chi connectivity index (χ0) is 22.7. The zero-order valence-corrected chi connectivity index (χ0v) is 19.1. The number of hydrogen-bond donors (Lipinski definition) is 2. The normalized spacial score (nSPS) is 14.5. The minimum atomic E-state index is 0.166. The van der Waals surface area contributed by atoms with E-state index in [1.807, 2.05) is 0 Å². The summed E-state index contributed by atoms with van der Waals surface area (Å²) in [5, 5.41) is 7.72. The molecule has 0 aromatic heterocycles. The van der Waals surface area contributed by atoms with Crippen molar-refractivity contribution in [3.63, 3.8) is 0 Å². The topological polar surface area (TPSA) is 24.1 Å². The first kappa shape index (κ1) is 20.9. The van der Waals surface area contributed by atoms with E-state index in [-0.39, 0.29) is 12.1 Å². The van der Waals surface area contributed by atoms with Gasteiger partial charge in [-0.2, -0.15) is 0 Å². The van der Waals surface area contributed by atoms with E-state index in [2.05, 4.69) is 132 Å². The van der Waals surface area contributed by atoms with Crippen molar-refractivity contribution in [1.82, 2.24) is 10.6 Å². The van der Waals surface area contributed by atoms with Gasteiger partial charge in [0.1, 0.15) is 0 Å². The van der Waals surface area contributed by atoms with Crippen molar-refractivity contribution in [2.75, 3.05) is 13.1 Å². The number of rotatable bonds is 5. The smallest absolute Gasteiger partial charge is 0.0588 e. The first-order chi connectivity index (χ1) is 16.9. The summed E-state index contributed by atoms with van der Waals surface area (Å²) in [6, 6.07) is 35.2. The van der Waals surface area contributed by atoms with Crippen LogP contribution >= 0.6 is 0 Å². The Kier molecular flexibility index (Phi) is 5.68. The van der Waals surface area contributed by atoms with Gasteiger partial charge in [0.05, 0.1) is 12.1 Å². The molecular weight excluding hydrogens is 412 g/mol. The number of hydrogen-bond acceptors (Lipinski definition) is 2. The van der Waals surface area contributed by atoms with Gasteiger partial charge in [-0.15, -0.1) is 0 Å². The van der Waals surface area contributed by atoms with Gasteiger partial charge in [-0.05, 0) is 44.5 Å². The molecule has 34 heavy (non-hydrogen) atoms. The molecule has 2 heteroatoms. The third kappa shape index (κ3) is 3.92. The van der Waals surface area contributed by atoms with Crippen LogP contribution in [0.2, 0.25) is 0 Å². The van der Waals surface area contributed by atoms with Crippen molar-refractivity contribution in [2.24, 2.45) is 0 Å². The Labute approximate surface area is 201 Å². The summed E-state index contributed by atoms with van der Waals surface area (Å²) in [7, 11) is 0. The average Bonchev–Trinajstić information content (AvgIpc) is 3.15. The third-order valence-electron chi connectivity index (χ3n) is 6.93. The van der Waals surface area contributed by atoms with Crippen LogP contribution in [0.5, 0.6) is 0 Å². The highest BCUT2D eigenvalue weighted by molar-refractivity contribution is 5.77. The molecule has 2 N–H and O–H groups in total. The van der Waals surface area contributed by atoms with E-state index in [0.29, 0.717) is 0 Å². The molecule has 166 valence electrons. The second-order valence-corrected chi connectivity index (χ2v) is 8.96. The van der Waals surface area contributed by atoms with Crippen LogP contribution in [0.15, 0.2) is 97.1 Å². The molecule has 0 saturated heterocycles. The molecule has 0 saturated carbocycles. The number of nitrogens with one attached hydrogen (secondary N) is 2. The second kappa shape index (κ2) is 9.26. The first-order valence-electron chi connectivity index (χ1n) is 12.1. The van der Waals surface area contributed by atoms with Gasteiger partial charge in [0.15, 0.2) is 0 Å². The van der Waals surface area contributed by atoms with E-state index in [4.69, 9.17) is 0 Å². The zero-order valence-electron chi connectivity index (χ0n) is 19.1. The highest BCUT2D eigenvalue weighted by Gasteiger charge is 2.22. The molecule has 6 rings (SSSR count). The largest absolute Gasteiger partial charge is 0.305 e. The van der Waals surface area contributed by atoms with Crippen molar-refractivity contribution < 1.29 is 0 Å². The maximum atomic E-state index is 3.86. The SMILES string of the molecule is C1=Cc2ccccc2C(NCCNC2c3ccccc3C=Cc3ccccc32)c2ccccc21. The van der Waals surface area contributed by atoms with Crippen molar-refractivity contribution in [3.8, 4) is 0 Å². The molecule has 0 amide bonds. The molecule has 4 aromatic carbocycles. The van der Waals surface area contributed by atoms with Crippen LogP contribution in [0.1, 0.15) is 56.6 Å². The predicted molar refractivity (Wildman–Crippen MR) is 143 cm³/mol. The highest BCUT2D eigenvalue weighted by atomic mass is 15.0. The molecule has 0 radical (unpaired) electrons. The summed E-state index contributed by atoms with van der Waals surface area (Å²) < 4.78 is 0. The van der Waals surface area contributed by atoms with E-state index in [1.165, 1.54) is 44.5 Å². The Morgan fingerprint density at radius 2 is 0.647 bits per heavy atom. The maximum absolute atomic E-state index is 3.86. The van der Waals surface area contributed by atoms with Crippen LogP contribution in [0.4, 0.5) is 0 Å². The molecule has 0 heterocycles. The van der Waals surface area contributed by atoms with Crippen molar-refractivity contribution in [3.05, 3.63) is 142 Å². The predicted octanol–water partition coefficient (Wildman–Crippen LogP) is 6.71. The van der Waals surface area contributed by atoms with Gasteiger partial charge in [-0.3, -0.25) is 0 Å². The van der Waals surface area contributed by atoms with Crippen LogP contribution < -0.4 is 10.6 Å². The van der Waals surface area contributed by atoms with Crippen molar-refractivity contribution >= 4 is 24.3 Å². The van der Waals surface area contributed by atoms with E-state index in [0.717, 1.165) is 13.1 Å². The van der Waals surface area contributed by atoms with E-state index in [9.17, 15) is 0 Å². The van der Waals surface area contributed by atoms with Gasteiger partial charge in [0, 0.05) is 13.1 Å². The minimum absolute atomic E-state index is 0.166. The van der Waals surface area contributed by atoms with Gasteiger partial charge >= 0.3 is 0 Å². The lowest BCUT2D eigenvalue weighted by Crippen LogP contribution is -2.34. The fourth-order valence-electron chi connectivity index (χ4n) is 5.27. The third-order valence-corrected chi connectivity index (χ3v) is 6.93. The second-order valence-electron chi connectivity index (χ2n) is 8.96. The Morgan fingerprint density at radius 1 is 0.382 bits per heavy atom. The van der Waals surface area contributed by atoms with Gasteiger partial charge in [-0.25, -0.2) is 0 Å². The monoisotopic (exact) mass is 440 g/mol. The summed E-state index contributed by atoms with van der Waals surface area (Å²) in [6.45, 7) is 1.73. The molecule has 2 aliphatic rings. The standard InChI is InChI=1S/C32H28N2/c1-5-13-27-23(9-1)17-18-24-10-2-6-14-28(24)31(27)33-21-22-34-32-29-15-7-3-11-25(29)19-20-26-12-4-8-16-30(26)32/h1-20,31-34H,21-22H2. The maximum Gasteiger partial charge on any atom is 0.0588 e. The van der Waals surface area contributed by atoms with Crippen LogP contribution in [0.25, 0.3) is 24.3 Å². The average molecular weight is 441 g/mol. The molecule has 0 unspecified atom stereocenters. The lowest BCUT2D eigenvalue weighted by atomic mass is 9.93. The molecule has 0 bridgehead atoms. The molecule has 0 fully saturated rings. The Hall–Kier alpha value is -3.72. The molecule has 2 nitrogen and oxygen atoms in total. The lowest BCUT2D eigenvalue weighted by molar-refractivity contribution is 0.537. The molecule has 0 spiro atoms. The van der Waals surface area contributed by atoms with Crippen LogP contribution in [-0.2, 0) is 0 Å². The minimum Gasteiger partial charge on any atom is -0.305 e. The molecule has 2 aliphatic carbocycles. The summed E-state index contributed by atoms with van der Waals surface area (Å²) in [4.78, 5) is 0. The summed E-state index contributed by atoms with van der Waals surface area (Å²) in [5.41, 5.74) is 10.4. The Bertz CT molecular complexity index is 1180. The van der Waals surface area contributed by atoms with Gasteiger partial charge in [-0.1, -0.05) is 121 Å². The summed E-state index contributed by atoms with van der Waals surface area (Å²) in [5.74, 6) is 0. The fraction of sp³-hybridized carbons (Fsp3) is 0.125. The highest BCUT2D eigenvalue weighted by Crippen LogP contribution is 2.34. The van der Waals surface area contributed by atoms with E-state index < -0.39 is 0 Å². The van der Waals surface area contributed by atoms with Gasteiger partial charge < -0.3 is 10.6 Å². The van der Waals surface area contributed by atoms with Crippen LogP contribution in [0.3, 0.4) is 0 Å². The molecule has 4 aromatic rings. The summed E-state index contributed by atoms with van der Waals surface area (Å²) >= 11 is 0. The van der Waals surface area contributed by atoms with E-state index >= 15 is 0 Å². The van der Waals surface area contributed by atoms with Gasteiger partial charge in [0.25, 0.3) is 0 Å². The van der Waals surface area contributed by atoms with Gasteiger partial charge in [0.2, 0.25) is 0 Å². The fourth-order valence-corrected chi connectivity index (χ4v) is 5.27. The summed E-state index contributed by atoms with van der Waals surface area (Å²) in [6.07, 6.45) is 8.95. The molecule has 0 aliphatic heterocycles. The Morgan fingerprint density at radius 3 is 0.941 bits per heavy atom. The quantitative estimate of drug-likeness (QED) is 0.337.